The molecule has 0 N–H and O–H groups in total. The van der Waals surface area contributed by atoms with Crippen molar-refractivity contribution in [3.05, 3.63) is 53.1 Å². The normalized spacial score (nSPS) is 15.6. The van der Waals surface area contributed by atoms with Gasteiger partial charge in [-0.3, -0.25) is 14.3 Å². The summed E-state index contributed by atoms with van der Waals surface area (Å²) < 4.78 is 28.1. The van der Waals surface area contributed by atoms with E-state index in [-0.39, 0.29) is 0 Å². The van der Waals surface area contributed by atoms with Crippen LogP contribution in [-0.2, 0) is 20.1 Å². The van der Waals surface area contributed by atoms with Crippen molar-refractivity contribution in [2.24, 2.45) is 7.05 Å². The van der Waals surface area contributed by atoms with Crippen LogP contribution in [0, 0.1) is 0 Å². The zero-order valence-corrected chi connectivity index (χ0v) is 15.6. The number of anilines is 1. The summed E-state index contributed by atoms with van der Waals surface area (Å²) in [5.41, 5.74) is 2.15. The van der Waals surface area contributed by atoms with E-state index in [4.69, 9.17) is 0 Å². The van der Waals surface area contributed by atoms with Crippen LogP contribution in [0.15, 0.2) is 41.8 Å². The van der Waals surface area contributed by atoms with Gasteiger partial charge in [-0.1, -0.05) is 0 Å². The maximum absolute atomic E-state index is 12.6. The van der Waals surface area contributed by atoms with Crippen LogP contribution in [0.2, 0.25) is 0 Å². The van der Waals surface area contributed by atoms with Crippen LogP contribution in [-0.4, -0.2) is 56.6 Å². The van der Waals surface area contributed by atoms with Crippen molar-refractivity contribution in [2.75, 3.05) is 31.1 Å². The second-order valence-electron chi connectivity index (χ2n) is 7.09. The van der Waals surface area contributed by atoms with Gasteiger partial charge in [0.25, 0.3) is 12.0 Å². The Bertz CT molecular complexity index is 1020. The van der Waals surface area contributed by atoms with Crippen molar-refractivity contribution < 1.29 is 8.78 Å². The zero-order valence-electron chi connectivity index (χ0n) is 15.6. The first-order valence-corrected chi connectivity index (χ1v) is 9.21. The van der Waals surface area contributed by atoms with Crippen molar-refractivity contribution in [1.82, 2.24) is 24.0 Å². The fourth-order valence-electron chi connectivity index (χ4n) is 3.56. The van der Waals surface area contributed by atoms with Crippen LogP contribution in [0.4, 0.5) is 14.5 Å². The van der Waals surface area contributed by atoms with Crippen molar-refractivity contribution in [2.45, 2.75) is 19.5 Å². The van der Waals surface area contributed by atoms with Crippen molar-refractivity contribution >= 4 is 16.6 Å². The van der Waals surface area contributed by atoms with Gasteiger partial charge >= 0.3 is 0 Å². The molecule has 0 spiro atoms. The van der Waals surface area contributed by atoms with Gasteiger partial charge < -0.3 is 9.47 Å². The van der Waals surface area contributed by atoms with E-state index in [0.29, 0.717) is 10.9 Å². The minimum Gasteiger partial charge on any atom is -0.369 e. The second-order valence-corrected chi connectivity index (χ2v) is 7.09. The summed E-state index contributed by atoms with van der Waals surface area (Å²) in [6.07, 6.45) is 2.45. The summed E-state index contributed by atoms with van der Waals surface area (Å²) in [7, 11) is 1.96. The molecule has 0 atom stereocenters. The van der Waals surface area contributed by atoms with E-state index in [1.165, 1.54) is 6.33 Å². The standard InChI is InChI=1S/C19H22F2N6O/c1-24-9-14(22-12-24)10-25-4-6-26(7-5-25)15-2-3-16-17(8-15)23-13-27(19(16)28)11-18(20)21/h2-3,8-9,12-13,18H,4-7,10-11H2,1H3. The molecule has 1 aromatic carbocycles. The minimum absolute atomic E-state index is 0.362. The van der Waals surface area contributed by atoms with Gasteiger partial charge in [0.1, 0.15) is 0 Å². The maximum atomic E-state index is 12.6. The fraction of sp³-hybridized carbons (Fsp3) is 0.421. The Morgan fingerprint density at radius 3 is 2.57 bits per heavy atom. The molecule has 3 heterocycles. The minimum atomic E-state index is -2.58. The van der Waals surface area contributed by atoms with E-state index in [1.807, 2.05) is 36.3 Å². The summed E-state index contributed by atoms with van der Waals surface area (Å²) in [5.74, 6) is 0. The molecule has 28 heavy (non-hydrogen) atoms. The molecule has 0 unspecified atom stereocenters. The van der Waals surface area contributed by atoms with Crippen molar-refractivity contribution in [3.8, 4) is 0 Å². The number of hydrogen-bond acceptors (Lipinski definition) is 5. The monoisotopic (exact) mass is 388 g/mol. The molecule has 3 aromatic rings. The van der Waals surface area contributed by atoms with Gasteiger partial charge in [0.15, 0.2) is 0 Å². The van der Waals surface area contributed by atoms with Crippen molar-refractivity contribution in [3.63, 3.8) is 0 Å². The number of halogens is 2. The first kappa shape index (κ1) is 18.5. The number of imidazole rings is 1. The number of rotatable bonds is 5. The van der Waals surface area contributed by atoms with Crippen LogP contribution < -0.4 is 10.5 Å². The van der Waals surface area contributed by atoms with Crippen molar-refractivity contribution in [1.29, 1.82) is 0 Å². The molecular weight excluding hydrogens is 366 g/mol. The second kappa shape index (κ2) is 7.67. The molecule has 0 amide bonds. The molecule has 1 aliphatic rings. The molecule has 0 radical (unpaired) electrons. The van der Waals surface area contributed by atoms with Gasteiger partial charge in [0, 0.05) is 51.7 Å². The number of piperazine rings is 1. The first-order valence-electron chi connectivity index (χ1n) is 9.21. The van der Waals surface area contributed by atoms with Gasteiger partial charge in [-0.05, 0) is 18.2 Å². The van der Waals surface area contributed by atoms with Crippen LogP contribution in [0.3, 0.4) is 0 Å². The van der Waals surface area contributed by atoms with Gasteiger partial charge in [0.05, 0.1) is 35.8 Å². The molecule has 1 saturated heterocycles. The number of aromatic nitrogens is 4. The van der Waals surface area contributed by atoms with E-state index in [1.54, 1.807) is 6.07 Å². The van der Waals surface area contributed by atoms with E-state index < -0.39 is 18.5 Å². The lowest BCUT2D eigenvalue weighted by Gasteiger charge is -2.35. The van der Waals surface area contributed by atoms with Crippen LogP contribution in [0.25, 0.3) is 10.9 Å². The molecule has 4 rings (SSSR count). The number of fused-ring (bicyclic) bond motifs is 1. The quantitative estimate of drug-likeness (QED) is 0.666. The maximum Gasteiger partial charge on any atom is 0.261 e. The number of hydrogen-bond donors (Lipinski definition) is 0. The highest BCUT2D eigenvalue weighted by atomic mass is 19.3. The smallest absolute Gasteiger partial charge is 0.261 e. The van der Waals surface area contributed by atoms with Crippen LogP contribution >= 0.6 is 0 Å². The molecule has 148 valence electrons. The highest BCUT2D eigenvalue weighted by Crippen LogP contribution is 2.21. The topological polar surface area (TPSA) is 59.2 Å². The summed E-state index contributed by atoms with van der Waals surface area (Å²) in [6, 6.07) is 5.41. The molecule has 7 nitrogen and oxygen atoms in total. The Labute approximate surface area is 160 Å². The number of benzene rings is 1. The Hall–Kier alpha value is -2.81. The highest BCUT2D eigenvalue weighted by molar-refractivity contribution is 5.81. The van der Waals surface area contributed by atoms with E-state index >= 15 is 0 Å². The van der Waals surface area contributed by atoms with E-state index in [2.05, 4.69) is 19.8 Å². The Balaban J connectivity index is 1.45. The summed E-state index contributed by atoms with van der Waals surface area (Å²) in [6.45, 7) is 3.75. The first-order chi connectivity index (χ1) is 13.5. The predicted molar refractivity (Wildman–Crippen MR) is 103 cm³/mol. The molecular formula is C19H22F2N6O. The predicted octanol–water partition coefficient (Wildman–Crippen LogP) is 1.72. The molecule has 9 heteroatoms. The van der Waals surface area contributed by atoms with Crippen LogP contribution in [0.5, 0.6) is 0 Å². The number of nitrogens with zero attached hydrogens (tertiary/aromatic N) is 6. The number of alkyl halides is 2. The van der Waals surface area contributed by atoms with E-state index in [9.17, 15) is 13.6 Å². The van der Waals surface area contributed by atoms with E-state index in [0.717, 1.165) is 48.7 Å². The molecule has 1 aliphatic heterocycles. The average Bonchev–Trinajstić information content (AvgIpc) is 3.09. The highest BCUT2D eigenvalue weighted by Gasteiger charge is 2.19. The molecule has 2 aromatic heterocycles. The Morgan fingerprint density at radius 1 is 1.11 bits per heavy atom. The lowest BCUT2D eigenvalue weighted by Crippen LogP contribution is -2.46. The molecule has 0 bridgehead atoms. The summed E-state index contributed by atoms with van der Waals surface area (Å²) in [4.78, 5) is 25.5. The lowest BCUT2D eigenvalue weighted by atomic mass is 10.2. The summed E-state index contributed by atoms with van der Waals surface area (Å²) >= 11 is 0. The van der Waals surface area contributed by atoms with Gasteiger partial charge in [-0.15, -0.1) is 0 Å². The molecule has 0 saturated carbocycles. The zero-order chi connectivity index (χ0) is 19.7. The SMILES string of the molecule is Cn1cnc(CN2CCN(c3ccc4c(=O)n(CC(F)F)cnc4c3)CC2)c1. The summed E-state index contributed by atoms with van der Waals surface area (Å²) in [5, 5.41) is 0.362. The Morgan fingerprint density at radius 2 is 1.89 bits per heavy atom. The van der Waals surface area contributed by atoms with Crippen LogP contribution in [0.1, 0.15) is 5.69 Å². The number of aryl methyl sites for hydroxylation is 1. The molecule has 0 aliphatic carbocycles. The third kappa shape index (κ3) is 3.89. The van der Waals surface area contributed by atoms with Gasteiger partial charge in [-0.2, -0.15) is 0 Å². The average molecular weight is 388 g/mol. The Kier molecular flexibility index (Phi) is 5.08. The van der Waals surface area contributed by atoms with Gasteiger partial charge in [0.2, 0.25) is 0 Å². The lowest BCUT2D eigenvalue weighted by molar-refractivity contribution is 0.125. The molecule has 1 fully saturated rings. The fourth-order valence-corrected chi connectivity index (χ4v) is 3.56. The third-order valence-corrected chi connectivity index (χ3v) is 5.02. The van der Waals surface area contributed by atoms with Gasteiger partial charge in [-0.25, -0.2) is 18.7 Å². The third-order valence-electron chi connectivity index (χ3n) is 5.02. The largest absolute Gasteiger partial charge is 0.369 e.